The Balaban J connectivity index is 0. The van der Waals surface area contributed by atoms with E-state index in [1.165, 1.54) is 0 Å². The van der Waals surface area contributed by atoms with Crippen LogP contribution in [0.5, 0.6) is 0 Å². The molecule has 0 radical (unpaired) electrons. The SMILES string of the molecule is CCN(C(C)CC(C)O)C(C)CC(C)O.CCN(C(C)CC(C)O)C(C)CC(C)O. The smallest absolute Gasteiger partial charge is 0.0526 e. The van der Waals surface area contributed by atoms with Gasteiger partial charge in [0.1, 0.15) is 0 Å². The van der Waals surface area contributed by atoms with Crippen LogP contribution in [0.15, 0.2) is 0 Å². The zero-order valence-electron chi connectivity index (χ0n) is 21.5. The van der Waals surface area contributed by atoms with E-state index < -0.39 is 0 Å². The first-order chi connectivity index (χ1) is 13.8. The normalized spacial score (nSPS) is 20.0. The summed E-state index contributed by atoms with van der Waals surface area (Å²) in [4.78, 5) is 4.67. The van der Waals surface area contributed by atoms with E-state index in [0.717, 1.165) is 38.8 Å². The Morgan fingerprint density at radius 1 is 0.433 bits per heavy atom. The Kier molecular flexibility index (Phi) is 18.5. The number of aliphatic hydroxyl groups is 4. The maximum atomic E-state index is 9.35. The predicted molar refractivity (Wildman–Crippen MR) is 128 cm³/mol. The third-order valence-corrected chi connectivity index (χ3v) is 5.72. The Labute approximate surface area is 187 Å². The van der Waals surface area contributed by atoms with Gasteiger partial charge in [0.05, 0.1) is 24.4 Å². The molecular formula is C24H54N2O4. The molecule has 6 heteroatoms. The fourth-order valence-corrected chi connectivity index (χ4v) is 4.63. The lowest BCUT2D eigenvalue weighted by atomic mass is 10.0. The highest BCUT2D eigenvalue weighted by molar-refractivity contribution is 4.76. The van der Waals surface area contributed by atoms with Gasteiger partial charge in [-0.1, -0.05) is 13.8 Å². The number of rotatable bonds is 14. The maximum absolute atomic E-state index is 9.35. The van der Waals surface area contributed by atoms with Gasteiger partial charge < -0.3 is 20.4 Å². The molecule has 4 N–H and O–H groups in total. The molecule has 0 aromatic carbocycles. The Morgan fingerprint density at radius 2 is 0.600 bits per heavy atom. The molecular weight excluding hydrogens is 380 g/mol. The molecule has 0 aromatic heterocycles. The van der Waals surface area contributed by atoms with Crippen molar-refractivity contribution in [3.63, 3.8) is 0 Å². The van der Waals surface area contributed by atoms with Gasteiger partial charge in [0.15, 0.2) is 0 Å². The molecule has 0 spiro atoms. The number of aliphatic hydroxyl groups excluding tert-OH is 4. The van der Waals surface area contributed by atoms with Crippen LogP contribution in [0.3, 0.4) is 0 Å². The van der Waals surface area contributed by atoms with Crippen LogP contribution >= 0.6 is 0 Å². The average molecular weight is 435 g/mol. The Bertz CT molecular complexity index is 323. The van der Waals surface area contributed by atoms with Gasteiger partial charge in [-0.2, -0.15) is 0 Å². The second-order valence-electron chi connectivity index (χ2n) is 9.40. The summed E-state index contributed by atoms with van der Waals surface area (Å²) in [6, 6.07) is 1.46. The van der Waals surface area contributed by atoms with Gasteiger partial charge in [-0.3, -0.25) is 9.80 Å². The Hall–Kier alpha value is -0.240. The van der Waals surface area contributed by atoms with Crippen LogP contribution in [0.4, 0.5) is 0 Å². The first kappa shape index (κ1) is 31.9. The molecule has 0 aliphatic heterocycles. The minimum atomic E-state index is -0.257. The van der Waals surface area contributed by atoms with Crippen molar-refractivity contribution in [2.75, 3.05) is 13.1 Å². The molecule has 0 aliphatic rings. The summed E-state index contributed by atoms with van der Waals surface area (Å²) >= 11 is 0. The average Bonchev–Trinajstić information content (AvgIpc) is 2.53. The van der Waals surface area contributed by atoms with Crippen LogP contribution in [0.1, 0.15) is 94.9 Å². The molecule has 8 unspecified atom stereocenters. The van der Waals surface area contributed by atoms with E-state index in [1.807, 2.05) is 27.7 Å². The van der Waals surface area contributed by atoms with Crippen LogP contribution < -0.4 is 0 Å². The summed E-state index contributed by atoms with van der Waals surface area (Å²) < 4.78 is 0. The van der Waals surface area contributed by atoms with Gasteiger partial charge in [0, 0.05) is 24.2 Å². The molecule has 0 amide bonds. The second-order valence-corrected chi connectivity index (χ2v) is 9.40. The zero-order valence-corrected chi connectivity index (χ0v) is 21.5. The molecule has 30 heavy (non-hydrogen) atoms. The van der Waals surface area contributed by atoms with Crippen molar-refractivity contribution < 1.29 is 20.4 Å². The van der Waals surface area contributed by atoms with E-state index >= 15 is 0 Å². The monoisotopic (exact) mass is 434 g/mol. The van der Waals surface area contributed by atoms with Crippen LogP contribution in [0.25, 0.3) is 0 Å². The van der Waals surface area contributed by atoms with Crippen molar-refractivity contribution in [1.29, 1.82) is 0 Å². The zero-order chi connectivity index (χ0) is 24.0. The predicted octanol–water partition coefficient (Wildman–Crippen LogP) is 3.25. The molecule has 6 nitrogen and oxygen atoms in total. The molecule has 0 aromatic rings. The van der Waals surface area contributed by atoms with Gasteiger partial charge in [0.25, 0.3) is 0 Å². The standard InChI is InChI=1S/2C12H27NO2/c2*1-6-13(9(2)7-11(4)14)10(3)8-12(5)15/h2*9-12,14-15H,6-8H2,1-5H3. The summed E-state index contributed by atoms with van der Waals surface area (Å²) in [5, 5.41) is 37.4. The van der Waals surface area contributed by atoms with Crippen molar-refractivity contribution in [3.05, 3.63) is 0 Å². The lowest BCUT2D eigenvalue weighted by Gasteiger charge is -2.34. The number of hydrogen-bond acceptors (Lipinski definition) is 6. The van der Waals surface area contributed by atoms with Crippen molar-refractivity contribution in [3.8, 4) is 0 Å². The summed E-state index contributed by atoms with van der Waals surface area (Å²) in [7, 11) is 0. The molecule has 0 saturated heterocycles. The van der Waals surface area contributed by atoms with Crippen molar-refractivity contribution in [2.45, 2.75) is 144 Å². The number of hydrogen-bond donors (Lipinski definition) is 4. The largest absolute Gasteiger partial charge is 0.393 e. The molecule has 8 atom stereocenters. The third kappa shape index (κ3) is 15.5. The quantitative estimate of drug-likeness (QED) is 0.336. The number of nitrogens with zero attached hydrogens (tertiary/aromatic N) is 2. The van der Waals surface area contributed by atoms with Crippen molar-refractivity contribution in [1.82, 2.24) is 9.80 Å². The van der Waals surface area contributed by atoms with Crippen molar-refractivity contribution in [2.24, 2.45) is 0 Å². The molecule has 0 rings (SSSR count). The van der Waals surface area contributed by atoms with E-state index in [-0.39, 0.29) is 24.4 Å². The third-order valence-electron chi connectivity index (χ3n) is 5.72. The summed E-state index contributed by atoms with van der Waals surface area (Å²) in [6.45, 7) is 22.0. The van der Waals surface area contributed by atoms with Crippen LogP contribution in [-0.2, 0) is 0 Å². The lowest BCUT2D eigenvalue weighted by Crippen LogP contribution is -2.42. The summed E-state index contributed by atoms with van der Waals surface area (Å²) in [5.74, 6) is 0. The Morgan fingerprint density at radius 3 is 0.700 bits per heavy atom. The molecule has 0 bridgehead atoms. The molecule has 0 heterocycles. The van der Waals surface area contributed by atoms with Gasteiger partial charge in [0.2, 0.25) is 0 Å². The summed E-state index contributed by atoms with van der Waals surface area (Å²) in [5.41, 5.74) is 0. The minimum absolute atomic E-state index is 0.257. The van der Waals surface area contributed by atoms with Crippen LogP contribution in [0, 0.1) is 0 Å². The maximum Gasteiger partial charge on any atom is 0.0526 e. The lowest BCUT2D eigenvalue weighted by molar-refractivity contribution is 0.0718. The molecule has 184 valence electrons. The van der Waals surface area contributed by atoms with Gasteiger partial charge in [-0.25, -0.2) is 0 Å². The van der Waals surface area contributed by atoms with E-state index in [2.05, 4.69) is 51.3 Å². The van der Waals surface area contributed by atoms with Crippen molar-refractivity contribution >= 4 is 0 Å². The second kappa shape index (κ2) is 17.3. The first-order valence-electron chi connectivity index (χ1n) is 12.0. The van der Waals surface area contributed by atoms with E-state index in [1.54, 1.807) is 0 Å². The fraction of sp³-hybridized carbons (Fsp3) is 1.00. The molecule has 0 saturated carbocycles. The highest BCUT2D eigenvalue weighted by Crippen LogP contribution is 2.15. The topological polar surface area (TPSA) is 87.4 Å². The highest BCUT2D eigenvalue weighted by Gasteiger charge is 2.21. The van der Waals surface area contributed by atoms with Gasteiger partial charge in [-0.15, -0.1) is 0 Å². The van der Waals surface area contributed by atoms with E-state index in [4.69, 9.17) is 0 Å². The fourth-order valence-electron chi connectivity index (χ4n) is 4.63. The summed E-state index contributed by atoms with van der Waals surface area (Å²) in [6.07, 6.45) is 2.13. The first-order valence-corrected chi connectivity index (χ1v) is 12.0. The van der Waals surface area contributed by atoms with Gasteiger partial charge in [-0.05, 0) is 94.2 Å². The highest BCUT2D eigenvalue weighted by atomic mass is 16.3. The minimum Gasteiger partial charge on any atom is -0.393 e. The van der Waals surface area contributed by atoms with Crippen LogP contribution in [-0.4, -0.2) is 91.9 Å². The van der Waals surface area contributed by atoms with Crippen LogP contribution in [0.2, 0.25) is 0 Å². The van der Waals surface area contributed by atoms with E-state index in [9.17, 15) is 20.4 Å². The van der Waals surface area contributed by atoms with Gasteiger partial charge >= 0.3 is 0 Å². The van der Waals surface area contributed by atoms with E-state index in [0.29, 0.717) is 24.2 Å². The molecule has 0 aliphatic carbocycles. The molecule has 0 fully saturated rings.